The maximum atomic E-state index is 11.5. The van der Waals surface area contributed by atoms with E-state index in [0.29, 0.717) is 5.92 Å². The fourth-order valence-corrected chi connectivity index (χ4v) is 2.30. The molecule has 0 saturated carbocycles. The molecule has 0 aromatic carbocycles. The molecule has 1 aromatic rings. The summed E-state index contributed by atoms with van der Waals surface area (Å²) in [5.41, 5.74) is 0. The fraction of sp³-hybridized carbons (Fsp3) is 0.500. The maximum Gasteiger partial charge on any atom is 0.261 e. The van der Waals surface area contributed by atoms with Gasteiger partial charge in [-0.1, -0.05) is 13.8 Å². The second-order valence-corrected chi connectivity index (χ2v) is 6.01. The minimum absolute atomic E-state index is 0.0290. The van der Waals surface area contributed by atoms with E-state index in [9.17, 15) is 4.79 Å². The number of rotatable bonds is 4. The van der Waals surface area contributed by atoms with Gasteiger partial charge in [0.2, 0.25) is 0 Å². The van der Waals surface area contributed by atoms with Crippen molar-refractivity contribution in [3.63, 3.8) is 0 Å². The Hall–Kier alpha value is -0.350. The topological polar surface area (TPSA) is 29.1 Å². The van der Waals surface area contributed by atoms with E-state index in [1.54, 1.807) is 0 Å². The van der Waals surface area contributed by atoms with Crippen molar-refractivity contribution in [3.05, 3.63) is 20.8 Å². The molecule has 78 valence electrons. The maximum absolute atomic E-state index is 11.5. The number of carbonyl (C=O) groups is 1. The van der Waals surface area contributed by atoms with Gasteiger partial charge < -0.3 is 5.32 Å². The van der Waals surface area contributed by atoms with Crippen molar-refractivity contribution >= 4 is 33.2 Å². The molecule has 0 bridgehead atoms. The summed E-state index contributed by atoms with van der Waals surface area (Å²) in [6, 6.07) is 3.72. The lowest BCUT2D eigenvalue weighted by atomic mass is 10.1. The van der Waals surface area contributed by atoms with Gasteiger partial charge in [-0.25, -0.2) is 0 Å². The molecule has 1 rings (SSSR count). The molecule has 4 heteroatoms. The van der Waals surface area contributed by atoms with Crippen LogP contribution in [0.25, 0.3) is 0 Å². The first-order valence-corrected chi connectivity index (χ1v) is 6.24. The summed E-state index contributed by atoms with van der Waals surface area (Å²) in [5.74, 6) is 0.659. The number of hydrogen-bond donors (Lipinski definition) is 1. The summed E-state index contributed by atoms with van der Waals surface area (Å²) in [7, 11) is 0. The van der Waals surface area contributed by atoms with Crippen molar-refractivity contribution in [1.82, 2.24) is 5.32 Å². The summed E-state index contributed by atoms with van der Waals surface area (Å²) in [4.78, 5) is 12.3. The molecule has 1 aromatic heterocycles. The van der Waals surface area contributed by atoms with Crippen LogP contribution in [0.1, 0.15) is 29.9 Å². The summed E-state index contributed by atoms with van der Waals surface area (Å²) in [6.07, 6.45) is 1.03. The molecule has 0 fully saturated rings. The number of halogens is 1. The monoisotopic (exact) mass is 275 g/mol. The predicted octanol–water partition coefficient (Wildman–Crippen LogP) is 3.29. The number of amides is 1. The predicted molar refractivity (Wildman–Crippen MR) is 63.8 cm³/mol. The molecule has 0 aliphatic carbocycles. The average Bonchev–Trinajstić information content (AvgIpc) is 2.51. The van der Waals surface area contributed by atoms with Crippen LogP contribution in [0.15, 0.2) is 15.9 Å². The van der Waals surface area contributed by atoms with Crippen LogP contribution >= 0.6 is 27.3 Å². The third-order valence-electron chi connectivity index (χ3n) is 1.80. The standard InChI is InChI=1S/C10H14BrNOS/c1-7(2)5-6-12-10(13)8-3-4-9(11)14-8/h3-4,7H,5-6H2,1-2H3,(H,12,13). The van der Waals surface area contributed by atoms with Crippen molar-refractivity contribution < 1.29 is 4.79 Å². The van der Waals surface area contributed by atoms with E-state index in [1.165, 1.54) is 11.3 Å². The molecule has 1 heterocycles. The van der Waals surface area contributed by atoms with Gasteiger partial charge in [-0.2, -0.15) is 0 Å². The van der Waals surface area contributed by atoms with Gasteiger partial charge in [0.25, 0.3) is 5.91 Å². The molecule has 0 aliphatic heterocycles. The summed E-state index contributed by atoms with van der Waals surface area (Å²) in [6.45, 7) is 5.05. The highest BCUT2D eigenvalue weighted by molar-refractivity contribution is 9.11. The van der Waals surface area contributed by atoms with Gasteiger partial charge in [0.15, 0.2) is 0 Å². The van der Waals surface area contributed by atoms with E-state index in [0.717, 1.165) is 21.6 Å². The van der Waals surface area contributed by atoms with Crippen LogP contribution in [0, 0.1) is 5.92 Å². The lowest BCUT2D eigenvalue weighted by Gasteiger charge is -2.05. The smallest absolute Gasteiger partial charge is 0.261 e. The van der Waals surface area contributed by atoms with Gasteiger partial charge in [0.05, 0.1) is 8.66 Å². The molecule has 2 nitrogen and oxygen atoms in total. The Morgan fingerprint density at radius 3 is 2.79 bits per heavy atom. The van der Waals surface area contributed by atoms with E-state index in [4.69, 9.17) is 0 Å². The molecule has 0 spiro atoms. The third-order valence-corrected chi connectivity index (χ3v) is 3.43. The van der Waals surface area contributed by atoms with Gasteiger partial charge in [-0.15, -0.1) is 11.3 Å². The molecule has 0 atom stereocenters. The van der Waals surface area contributed by atoms with Crippen molar-refractivity contribution in [3.8, 4) is 0 Å². The van der Waals surface area contributed by atoms with E-state index >= 15 is 0 Å². The SMILES string of the molecule is CC(C)CCNC(=O)c1ccc(Br)s1. The van der Waals surface area contributed by atoms with Gasteiger partial charge in [0.1, 0.15) is 0 Å². The van der Waals surface area contributed by atoms with Crippen molar-refractivity contribution in [2.24, 2.45) is 5.92 Å². The Labute approximate surface area is 96.8 Å². The lowest BCUT2D eigenvalue weighted by molar-refractivity contribution is 0.0956. The van der Waals surface area contributed by atoms with Crippen LogP contribution < -0.4 is 5.32 Å². The second-order valence-electron chi connectivity index (χ2n) is 3.54. The molecule has 1 N–H and O–H groups in total. The molecular weight excluding hydrogens is 262 g/mol. The third kappa shape index (κ3) is 3.80. The zero-order valence-electron chi connectivity index (χ0n) is 8.34. The first-order valence-electron chi connectivity index (χ1n) is 4.63. The van der Waals surface area contributed by atoms with E-state index in [1.807, 2.05) is 12.1 Å². The first-order chi connectivity index (χ1) is 6.59. The summed E-state index contributed by atoms with van der Waals surface area (Å²) < 4.78 is 0.992. The van der Waals surface area contributed by atoms with Crippen molar-refractivity contribution in [2.45, 2.75) is 20.3 Å². The normalized spacial score (nSPS) is 10.6. The zero-order valence-corrected chi connectivity index (χ0v) is 10.7. The Kier molecular flexibility index (Phi) is 4.62. The van der Waals surface area contributed by atoms with Crippen LogP contribution in [0.5, 0.6) is 0 Å². The van der Waals surface area contributed by atoms with Gasteiger partial charge >= 0.3 is 0 Å². The van der Waals surface area contributed by atoms with Crippen molar-refractivity contribution in [1.29, 1.82) is 0 Å². The van der Waals surface area contributed by atoms with Gasteiger partial charge in [-0.05, 0) is 40.4 Å². The first kappa shape index (κ1) is 11.7. The van der Waals surface area contributed by atoms with Crippen LogP contribution in [-0.2, 0) is 0 Å². The Morgan fingerprint density at radius 1 is 1.57 bits per heavy atom. The second kappa shape index (κ2) is 5.51. The molecular formula is C10H14BrNOS. The highest BCUT2D eigenvalue weighted by Crippen LogP contribution is 2.21. The van der Waals surface area contributed by atoms with E-state index in [-0.39, 0.29) is 5.91 Å². The summed E-state index contributed by atoms with van der Waals surface area (Å²) in [5, 5.41) is 2.89. The molecule has 0 aliphatic rings. The van der Waals surface area contributed by atoms with Gasteiger partial charge in [-0.3, -0.25) is 4.79 Å². The summed E-state index contributed by atoms with van der Waals surface area (Å²) >= 11 is 4.79. The van der Waals surface area contributed by atoms with E-state index in [2.05, 4.69) is 35.1 Å². The molecule has 1 amide bonds. The molecule has 0 unspecified atom stereocenters. The van der Waals surface area contributed by atoms with Crippen LogP contribution in [0.2, 0.25) is 0 Å². The molecule has 0 saturated heterocycles. The highest BCUT2D eigenvalue weighted by Gasteiger charge is 2.07. The zero-order chi connectivity index (χ0) is 10.6. The molecule has 14 heavy (non-hydrogen) atoms. The molecule has 0 radical (unpaired) electrons. The van der Waals surface area contributed by atoms with Crippen LogP contribution in [-0.4, -0.2) is 12.5 Å². The largest absolute Gasteiger partial charge is 0.351 e. The highest BCUT2D eigenvalue weighted by atomic mass is 79.9. The number of hydrogen-bond acceptors (Lipinski definition) is 2. The quantitative estimate of drug-likeness (QED) is 0.898. The van der Waals surface area contributed by atoms with Gasteiger partial charge in [0, 0.05) is 6.54 Å². The Morgan fingerprint density at radius 2 is 2.29 bits per heavy atom. The lowest BCUT2D eigenvalue weighted by Crippen LogP contribution is -2.24. The van der Waals surface area contributed by atoms with E-state index < -0.39 is 0 Å². The minimum atomic E-state index is 0.0290. The average molecular weight is 276 g/mol. The minimum Gasteiger partial charge on any atom is -0.351 e. The fourth-order valence-electron chi connectivity index (χ4n) is 0.998. The number of thiophene rings is 1. The Bertz CT molecular complexity index is 309. The number of nitrogens with one attached hydrogen (secondary N) is 1. The van der Waals surface area contributed by atoms with Crippen LogP contribution in [0.4, 0.5) is 0 Å². The van der Waals surface area contributed by atoms with Crippen LogP contribution in [0.3, 0.4) is 0 Å². The number of carbonyl (C=O) groups excluding carboxylic acids is 1. The Balaban J connectivity index is 2.36. The van der Waals surface area contributed by atoms with Crippen molar-refractivity contribution in [2.75, 3.05) is 6.54 Å².